The summed E-state index contributed by atoms with van der Waals surface area (Å²) in [5.41, 5.74) is 3.74. The van der Waals surface area contributed by atoms with Crippen molar-refractivity contribution in [3.05, 3.63) is 79.4 Å². The molecule has 36 heavy (non-hydrogen) atoms. The van der Waals surface area contributed by atoms with E-state index in [0.717, 1.165) is 57.1 Å². The number of carbonyl (C=O) groups excluding carboxylic acids is 2. The number of aryl methyl sites for hydroxylation is 1. The van der Waals surface area contributed by atoms with Gasteiger partial charge in [-0.05, 0) is 73.8 Å². The average Bonchev–Trinajstić information content (AvgIpc) is 2.92. The highest BCUT2D eigenvalue weighted by atomic mass is 16.5. The van der Waals surface area contributed by atoms with E-state index in [9.17, 15) is 9.59 Å². The molecule has 0 heterocycles. The molecule has 0 saturated heterocycles. The Balaban J connectivity index is 1.57. The maximum atomic E-state index is 11.0. The number of unbranched alkanes of at least 4 members (excludes halogenated alkanes) is 7. The summed E-state index contributed by atoms with van der Waals surface area (Å²) in [6.45, 7) is 8.39. The van der Waals surface area contributed by atoms with Crippen LogP contribution in [0.4, 0.5) is 0 Å². The molecule has 2 aromatic rings. The molecule has 0 N–H and O–H groups in total. The van der Waals surface area contributed by atoms with E-state index in [4.69, 9.17) is 14.2 Å². The molecular formula is C31H40O5. The van der Waals surface area contributed by atoms with Crippen LogP contribution in [0.15, 0.2) is 73.8 Å². The van der Waals surface area contributed by atoms with Gasteiger partial charge in [0.1, 0.15) is 5.75 Å². The summed E-state index contributed by atoms with van der Waals surface area (Å²) in [5, 5.41) is 0. The van der Waals surface area contributed by atoms with E-state index in [1.807, 2.05) is 12.1 Å². The van der Waals surface area contributed by atoms with Crippen molar-refractivity contribution in [3.63, 3.8) is 0 Å². The zero-order chi connectivity index (χ0) is 25.8. The largest absolute Gasteiger partial charge is 0.494 e. The molecule has 194 valence electrons. The van der Waals surface area contributed by atoms with Crippen molar-refractivity contribution in [1.82, 2.24) is 0 Å². The van der Waals surface area contributed by atoms with E-state index in [-0.39, 0.29) is 11.9 Å². The van der Waals surface area contributed by atoms with Crippen molar-refractivity contribution >= 4 is 11.9 Å². The number of rotatable bonds is 19. The molecule has 0 aliphatic rings. The molecule has 0 spiro atoms. The van der Waals surface area contributed by atoms with Crippen LogP contribution in [0.3, 0.4) is 0 Å². The quantitative estimate of drug-likeness (QED) is 0.117. The molecule has 0 atom stereocenters. The van der Waals surface area contributed by atoms with Crippen LogP contribution in [0, 0.1) is 0 Å². The molecule has 0 aromatic heterocycles. The van der Waals surface area contributed by atoms with Crippen molar-refractivity contribution in [2.75, 3.05) is 19.8 Å². The van der Waals surface area contributed by atoms with Gasteiger partial charge in [0.15, 0.2) is 0 Å². The van der Waals surface area contributed by atoms with Crippen molar-refractivity contribution < 1.29 is 23.8 Å². The molecule has 2 rings (SSSR count). The molecule has 5 nitrogen and oxygen atoms in total. The summed E-state index contributed by atoms with van der Waals surface area (Å²) >= 11 is 0. The highest BCUT2D eigenvalue weighted by Gasteiger charge is 2.02. The lowest BCUT2D eigenvalue weighted by Crippen LogP contribution is -2.02. The fraction of sp³-hybridized carbons (Fsp3) is 0.419. The maximum Gasteiger partial charge on any atom is 0.330 e. The molecule has 5 heteroatoms. The number of ether oxygens (including phenoxy) is 3. The first-order chi connectivity index (χ1) is 17.6. The normalized spacial score (nSPS) is 10.4. The highest BCUT2D eigenvalue weighted by Crippen LogP contribution is 2.23. The summed E-state index contributed by atoms with van der Waals surface area (Å²) in [6.07, 6.45) is 12.9. The third kappa shape index (κ3) is 12.4. The number of carbonyl (C=O) groups is 2. The van der Waals surface area contributed by atoms with Crippen molar-refractivity contribution in [1.29, 1.82) is 0 Å². The Morgan fingerprint density at radius 2 is 1.03 bits per heavy atom. The van der Waals surface area contributed by atoms with E-state index < -0.39 is 0 Å². The summed E-state index contributed by atoms with van der Waals surface area (Å²) in [4.78, 5) is 21.9. The van der Waals surface area contributed by atoms with Crippen LogP contribution in [0.1, 0.15) is 63.4 Å². The molecule has 0 saturated carbocycles. The first-order valence-corrected chi connectivity index (χ1v) is 13.0. The minimum absolute atomic E-state index is 0.340. The predicted molar refractivity (Wildman–Crippen MR) is 145 cm³/mol. The van der Waals surface area contributed by atoms with Gasteiger partial charge < -0.3 is 14.2 Å². The second kappa shape index (κ2) is 18.0. The lowest BCUT2D eigenvalue weighted by atomic mass is 10.0. The van der Waals surface area contributed by atoms with E-state index in [1.165, 1.54) is 41.7 Å². The molecular weight excluding hydrogens is 452 g/mol. The van der Waals surface area contributed by atoms with Crippen LogP contribution in [0.2, 0.25) is 0 Å². The van der Waals surface area contributed by atoms with Crippen LogP contribution in [-0.2, 0) is 25.5 Å². The Bertz CT molecular complexity index is 837. The van der Waals surface area contributed by atoms with Gasteiger partial charge in [-0.15, -0.1) is 0 Å². The van der Waals surface area contributed by atoms with Crippen LogP contribution >= 0.6 is 0 Å². The Morgan fingerprint density at radius 1 is 0.583 bits per heavy atom. The predicted octanol–water partition coefficient (Wildman–Crippen LogP) is 7.24. The Labute approximate surface area is 216 Å². The minimum Gasteiger partial charge on any atom is -0.494 e. The third-order valence-electron chi connectivity index (χ3n) is 5.88. The number of hydrogen-bond donors (Lipinski definition) is 0. The van der Waals surface area contributed by atoms with Crippen LogP contribution < -0.4 is 4.74 Å². The van der Waals surface area contributed by atoms with Gasteiger partial charge in [0.05, 0.1) is 19.8 Å². The molecule has 2 aromatic carbocycles. The number of benzene rings is 2. The minimum atomic E-state index is -0.358. The van der Waals surface area contributed by atoms with Crippen LogP contribution in [-0.4, -0.2) is 31.8 Å². The summed E-state index contributed by atoms with van der Waals surface area (Å²) in [6, 6.07) is 17.1. The van der Waals surface area contributed by atoms with Crippen molar-refractivity contribution in [2.45, 2.75) is 64.2 Å². The van der Waals surface area contributed by atoms with Gasteiger partial charge in [0, 0.05) is 12.2 Å². The fourth-order valence-corrected chi connectivity index (χ4v) is 3.78. The van der Waals surface area contributed by atoms with Gasteiger partial charge >= 0.3 is 11.9 Å². The van der Waals surface area contributed by atoms with E-state index >= 15 is 0 Å². The number of hydrogen-bond acceptors (Lipinski definition) is 5. The molecule has 0 aliphatic carbocycles. The highest BCUT2D eigenvalue weighted by molar-refractivity contribution is 5.81. The third-order valence-corrected chi connectivity index (χ3v) is 5.88. The fourth-order valence-electron chi connectivity index (χ4n) is 3.78. The SMILES string of the molecule is C=CC(=O)OCCCCCCCc1ccc(-c2ccc(OCCCCCCOC(=O)C=C)cc2)cc1. The first kappa shape index (κ1) is 28.9. The zero-order valence-electron chi connectivity index (χ0n) is 21.4. The van der Waals surface area contributed by atoms with Gasteiger partial charge in [0.2, 0.25) is 0 Å². The Hall–Kier alpha value is -3.34. The van der Waals surface area contributed by atoms with Gasteiger partial charge in [-0.25, -0.2) is 9.59 Å². The second-order valence-corrected chi connectivity index (χ2v) is 8.74. The Morgan fingerprint density at radius 3 is 1.56 bits per heavy atom. The standard InChI is InChI=1S/C31H40O5/c1-3-30(32)35-24-12-7-5-6-10-14-26-15-17-27(18-16-26)28-19-21-29(22-20-28)34-23-11-8-9-13-25-36-31(33)4-2/h3-4,15-22H,1-2,5-14,23-25H2. The van der Waals surface area contributed by atoms with Crippen LogP contribution in [0.25, 0.3) is 11.1 Å². The lowest BCUT2D eigenvalue weighted by molar-refractivity contribution is -0.138. The van der Waals surface area contributed by atoms with Gasteiger partial charge in [-0.2, -0.15) is 0 Å². The zero-order valence-corrected chi connectivity index (χ0v) is 21.4. The lowest BCUT2D eigenvalue weighted by Gasteiger charge is -2.08. The molecule has 0 amide bonds. The van der Waals surface area contributed by atoms with Gasteiger partial charge in [0.25, 0.3) is 0 Å². The topological polar surface area (TPSA) is 61.8 Å². The Kier molecular flexibility index (Phi) is 14.4. The summed E-state index contributed by atoms with van der Waals surface area (Å²) in [5.74, 6) is 0.185. The smallest absolute Gasteiger partial charge is 0.330 e. The molecule has 0 bridgehead atoms. The molecule has 0 unspecified atom stereocenters. The van der Waals surface area contributed by atoms with E-state index in [0.29, 0.717) is 19.8 Å². The summed E-state index contributed by atoms with van der Waals surface area (Å²) < 4.78 is 15.8. The van der Waals surface area contributed by atoms with Crippen LogP contribution in [0.5, 0.6) is 5.75 Å². The average molecular weight is 493 g/mol. The van der Waals surface area contributed by atoms with E-state index in [2.05, 4.69) is 49.6 Å². The number of esters is 2. The van der Waals surface area contributed by atoms with Gasteiger partial charge in [-0.3, -0.25) is 0 Å². The first-order valence-electron chi connectivity index (χ1n) is 13.0. The molecule has 0 aliphatic heterocycles. The van der Waals surface area contributed by atoms with Crippen molar-refractivity contribution in [3.8, 4) is 16.9 Å². The maximum absolute atomic E-state index is 11.0. The van der Waals surface area contributed by atoms with Crippen molar-refractivity contribution in [2.24, 2.45) is 0 Å². The monoisotopic (exact) mass is 492 g/mol. The summed E-state index contributed by atoms with van der Waals surface area (Å²) in [7, 11) is 0. The second-order valence-electron chi connectivity index (χ2n) is 8.74. The molecule has 0 fully saturated rings. The molecule has 0 radical (unpaired) electrons. The van der Waals surface area contributed by atoms with E-state index in [1.54, 1.807) is 0 Å². The van der Waals surface area contributed by atoms with Gasteiger partial charge in [-0.1, -0.05) is 68.8 Å².